The van der Waals surface area contributed by atoms with Gasteiger partial charge in [-0.3, -0.25) is 9.48 Å². The maximum absolute atomic E-state index is 11.6. The van der Waals surface area contributed by atoms with Crippen LogP contribution in [-0.2, 0) is 7.05 Å². The molecule has 0 aromatic carbocycles. The number of hydrogen-bond donors (Lipinski definition) is 2. The van der Waals surface area contributed by atoms with Gasteiger partial charge >= 0.3 is 0 Å². The molecule has 0 spiro atoms. The van der Waals surface area contributed by atoms with Gasteiger partial charge in [-0.15, -0.1) is 0 Å². The first kappa shape index (κ1) is 11.7. The average Bonchev–Trinajstić information content (AvgIpc) is 2.61. The van der Waals surface area contributed by atoms with Gasteiger partial charge in [0.15, 0.2) is 0 Å². The van der Waals surface area contributed by atoms with Crippen molar-refractivity contribution >= 4 is 5.91 Å². The molecule has 1 rings (SSSR count). The predicted molar refractivity (Wildman–Crippen MR) is 58.7 cm³/mol. The van der Waals surface area contributed by atoms with Crippen molar-refractivity contribution in [1.29, 1.82) is 0 Å². The van der Waals surface area contributed by atoms with Crippen LogP contribution in [0.25, 0.3) is 0 Å². The predicted octanol–water partition coefficient (Wildman–Crippen LogP) is 0.148. The third-order valence-corrected chi connectivity index (χ3v) is 2.17. The number of amides is 1. The summed E-state index contributed by atoms with van der Waals surface area (Å²) >= 11 is 0. The second-order valence-electron chi connectivity index (χ2n) is 3.51. The van der Waals surface area contributed by atoms with E-state index in [9.17, 15) is 4.79 Å². The Bertz CT molecular complexity index is 321. The number of carbonyl (C=O) groups is 1. The van der Waals surface area contributed by atoms with Crippen LogP contribution in [0.15, 0.2) is 12.3 Å². The van der Waals surface area contributed by atoms with E-state index >= 15 is 0 Å². The minimum Gasteiger partial charge on any atom is -0.349 e. The highest BCUT2D eigenvalue weighted by atomic mass is 16.2. The van der Waals surface area contributed by atoms with Crippen molar-refractivity contribution < 1.29 is 4.79 Å². The monoisotopic (exact) mass is 210 g/mol. The largest absolute Gasteiger partial charge is 0.349 e. The van der Waals surface area contributed by atoms with Crippen molar-refractivity contribution in [2.45, 2.75) is 19.9 Å². The minimum absolute atomic E-state index is 0.0836. The number of likely N-dealkylation sites (N-methyl/N-ethyl adjacent to an activating group) is 1. The summed E-state index contributed by atoms with van der Waals surface area (Å²) in [5.41, 5.74) is 0.582. The molecule has 1 amide bonds. The zero-order valence-corrected chi connectivity index (χ0v) is 9.45. The SMILES string of the molecule is CCN[C@H](C)CNC(=O)c1ccnn1C. The smallest absolute Gasteiger partial charge is 0.269 e. The Labute approximate surface area is 89.9 Å². The first-order valence-electron chi connectivity index (χ1n) is 5.14. The number of hydrogen-bond acceptors (Lipinski definition) is 3. The summed E-state index contributed by atoms with van der Waals surface area (Å²) in [7, 11) is 1.75. The van der Waals surface area contributed by atoms with Crippen LogP contribution < -0.4 is 10.6 Å². The summed E-state index contributed by atoms with van der Waals surface area (Å²) in [6, 6.07) is 1.99. The molecule has 0 saturated heterocycles. The summed E-state index contributed by atoms with van der Waals surface area (Å²) in [5, 5.41) is 10.0. The number of rotatable bonds is 5. The normalized spacial score (nSPS) is 12.5. The van der Waals surface area contributed by atoms with E-state index in [1.165, 1.54) is 0 Å². The van der Waals surface area contributed by atoms with Gasteiger partial charge in [-0.25, -0.2) is 0 Å². The lowest BCUT2D eigenvalue weighted by Gasteiger charge is -2.13. The molecule has 0 unspecified atom stereocenters. The van der Waals surface area contributed by atoms with Crippen LogP contribution in [0, 0.1) is 0 Å². The zero-order valence-electron chi connectivity index (χ0n) is 9.45. The number of aromatic nitrogens is 2. The van der Waals surface area contributed by atoms with Crippen LogP contribution >= 0.6 is 0 Å². The average molecular weight is 210 g/mol. The van der Waals surface area contributed by atoms with E-state index < -0.39 is 0 Å². The van der Waals surface area contributed by atoms with Crippen molar-refractivity contribution in [3.8, 4) is 0 Å². The molecule has 0 saturated carbocycles. The maximum atomic E-state index is 11.6. The molecule has 5 nitrogen and oxygen atoms in total. The molecule has 2 N–H and O–H groups in total. The standard InChI is InChI=1S/C10H18N4O/c1-4-11-8(2)7-12-10(15)9-5-6-13-14(9)3/h5-6,8,11H,4,7H2,1-3H3,(H,12,15)/t8-/m1/s1. The molecular formula is C10H18N4O. The highest BCUT2D eigenvalue weighted by Crippen LogP contribution is 1.95. The second-order valence-corrected chi connectivity index (χ2v) is 3.51. The van der Waals surface area contributed by atoms with E-state index in [4.69, 9.17) is 0 Å². The molecule has 1 aromatic rings. The molecule has 0 bridgehead atoms. The fraction of sp³-hybridized carbons (Fsp3) is 0.600. The summed E-state index contributed by atoms with van der Waals surface area (Å²) in [5.74, 6) is -0.0836. The maximum Gasteiger partial charge on any atom is 0.269 e. The molecule has 84 valence electrons. The highest BCUT2D eigenvalue weighted by Gasteiger charge is 2.09. The van der Waals surface area contributed by atoms with Gasteiger partial charge in [0.05, 0.1) is 0 Å². The van der Waals surface area contributed by atoms with Gasteiger partial charge in [0, 0.05) is 25.8 Å². The highest BCUT2D eigenvalue weighted by molar-refractivity contribution is 5.92. The van der Waals surface area contributed by atoms with Crippen LogP contribution in [0.2, 0.25) is 0 Å². The lowest BCUT2D eigenvalue weighted by molar-refractivity contribution is 0.0941. The lowest BCUT2D eigenvalue weighted by atomic mass is 10.3. The second kappa shape index (κ2) is 5.50. The molecule has 0 fully saturated rings. The van der Waals surface area contributed by atoms with Crippen LogP contribution in [0.1, 0.15) is 24.3 Å². The van der Waals surface area contributed by atoms with Crippen LogP contribution in [0.5, 0.6) is 0 Å². The van der Waals surface area contributed by atoms with Gasteiger partial charge in [-0.2, -0.15) is 5.10 Å². The third kappa shape index (κ3) is 3.36. The fourth-order valence-electron chi connectivity index (χ4n) is 1.35. The third-order valence-electron chi connectivity index (χ3n) is 2.17. The Morgan fingerprint density at radius 3 is 2.93 bits per heavy atom. The molecule has 1 aromatic heterocycles. The van der Waals surface area contributed by atoms with Gasteiger partial charge in [0.2, 0.25) is 0 Å². The van der Waals surface area contributed by atoms with Gasteiger partial charge in [0.1, 0.15) is 5.69 Å². The van der Waals surface area contributed by atoms with E-state index in [0.29, 0.717) is 12.2 Å². The number of nitrogens with zero attached hydrogens (tertiary/aromatic N) is 2. The molecule has 0 aliphatic rings. The molecule has 1 heterocycles. The molecule has 1 atom stereocenters. The van der Waals surface area contributed by atoms with E-state index in [-0.39, 0.29) is 11.9 Å². The van der Waals surface area contributed by atoms with E-state index in [0.717, 1.165) is 6.54 Å². The van der Waals surface area contributed by atoms with Crippen LogP contribution in [0.4, 0.5) is 0 Å². The molecule has 5 heteroatoms. The van der Waals surface area contributed by atoms with Crippen LogP contribution in [0.3, 0.4) is 0 Å². The number of nitrogens with one attached hydrogen (secondary N) is 2. The van der Waals surface area contributed by atoms with Crippen molar-refractivity contribution in [3.05, 3.63) is 18.0 Å². The van der Waals surface area contributed by atoms with Crippen molar-refractivity contribution in [3.63, 3.8) is 0 Å². The molecule has 0 aliphatic carbocycles. The van der Waals surface area contributed by atoms with Gasteiger partial charge in [-0.1, -0.05) is 6.92 Å². The number of aryl methyl sites for hydroxylation is 1. The summed E-state index contributed by atoms with van der Waals surface area (Å²) in [6.07, 6.45) is 1.61. The number of carbonyl (C=O) groups excluding carboxylic acids is 1. The van der Waals surface area contributed by atoms with Crippen LogP contribution in [-0.4, -0.2) is 34.8 Å². The Kier molecular flexibility index (Phi) is 4.30. The van der Waals surface area contributed by atoms with E-state index in [1.807, 2.05) is 13.8 Å². The van der Waals surface area contributed by atoms with Gasteiger partial charge in [0.25, 0.3) is 5.91 Å². The molecular weight excluding hydrogens is 192 g/mol. The Morgan fingerprint density at radius 1 is 1.67 bits per heavy atom. The quantitative estimate of drug-likeness (QED) is 0.727. The van der Waals surface area contributed by atoms with Gasteiger partial charge < -0.3 is 10.6 Å². The molecule has 15 heavy (non-hydrogen) atoms. The summed E-state index contributed by atoms with van der Waals surface area (Å²) in [4.78, 5) is 11.6. The van der Waals surface area contributed by atoms with Crippen molar-refractivity contribution in [2.75, 3.05) is 13.1 Å². The first-order valence-corrected chi connectivity index (χ1v) is 5.14. The zero-order chi connectivity index (χ0) is 11.3. The van der Waals surface area contributed by atoms with E-state index in [2.05, 4.69) is 15.7 Å². The Balaban J connectivity index is 2.40. The topological polar surface area (TPSA) is 58.9 Å². The fourth-order valence-corrected chi connectivity index (χ4v) is 1.35. The Hall–Kier alpha value is -1.36. The Morgan fingerprint density at radius 2 is 2.40 bits per heavy atom. The summed E-state index contributed by atoms with van der Waals surface area (Å²) in [6.45, 7) is 5.60. The van der Waals surface area contributed by atoms with Crippen molar-refractivity contribution in [1.82, 2.24) is 20.4 Å². The van der Waals surface area contributed by atoms with Gasteiger partial charge in [-0.05, 0) is 19.5 Å². The lowest BCUT2D eigenvalue weighted by Crippen LogP contribution is -2.39. The summed E-state index contributed by atoms with van der Waals surface area (Å²) < 4.78 is 1.56. The molecule has 0 radical (unpaired) electrons. The van der Waals surface area contributed by atoms with Crippen molar-refractivity contribution in [2.24, 2.45) is 7.05 Å². The first-order chi connectivity index (χ1) is 7.15. The van der Waals surface area contributed by atoms with E-state index in [1.54, 1.807) is 24.0 Å². The molecule has 0 aliphatic heterocycles. The minimum atomic E-state index is -0.0836.